The maximum absolute atomic E-state index is 13.2. The Hall–Kier alpha value is -2.59. The van der Waals surface area contributed by atoms with Crippen molar-refractivity contribution < 1.29 is 14.1 Å². The molecule has 26 heavy (non-hydrogen) atoms. The summed E-state index contributed by atoms with van der Waals surface area (Å²) in [6.07, 6.45) is 1.45. The number of rotatable bonds is 5. The molecule has 7 nitrogen and oxygen atoms in total. The molecule has 2 aromatic heterocycles. The van der Waals surface area contributed by atoms with Gasteiger partial charge in [0.2, 0.25) is 5.91 Å². The number of hydrogen-bond acceptors (Lipinski definition) is 7. The van der Waals surface area contributed by atoms with E-state index >= 15 is 0 Å². The van der Waals surface area contributed by atoms with Crippen LogP contribution in [0.1, 0.15) is 10.4 Å². The highest BCUT2D eigenvalue weighted by Crippen LogP contribution is 2.34. The van der Waals surface area contributed by atoms with Crippen LogP contribution in [0, 0.1) is 29.8 Å². The Kier molecular flexibility index (Phi) is 5.14. The second-order valence-corrected chi connectivity index (χ2v) is 7.56. The van der Waals surface area contributed by atoms with Crippen LogP contribution in [0.15, 0.2) is 29.6 Å². The number of nitrogens with zero attached hydrogens (tertiary/aromatic N) is 3. The number of carbonyl (C=O) groups is 1. The molecule has 0 aliphatic rings. The van der Waals surface area contributed by atoms with Gasteiger partial charge in [-0.15, -0.1) is 11.3 Å². The number of aryl methyl sites for hydroxylation is 2. The molecule has 1 N–H and O–H groups in total. The number of carbonyl (C=O) groups excluding carboxylic acids is 1. The minimum atomic E-state index is -0.740. The van der Waals surface area contributed by atoms with Crippen molar-refractivity contribution in [3.8, 4) is 0 Å². The van der Waals surface area contributed by atoms with Crippen molar-refractivity contribution in [2.45, 2.75) is 18.9 Å². The number of amides is 1. The number of benzene rings is 1. The molecule has 3 aromatic rings. The lowest BCUT2D eigenvalue weighted by molar-refractivity contribution is -0.384. The van der Waals surface area contributed by atoms with Crippen LogP contribution in [-0.4, -0.2) is 26.6 Å². The molecule has 0 aliphatic heterocycles. The summed E-state index contributed by atoms with van der Waals surface area (Å²) in [5.41, 5.74) is 0.539. The minimum Gasteiger partial charge on any atom is -0.320 e. The minimum absolute atomic E-state index is 0.00891. The molecule has 0 unspecified atom stereocenters. The van der Waals surface area contributed by atoms with E-state index in [-0.39, 0.29) is 11.4 Å². The maximum atomic E-state index is 13.2. The Labute approximate surface area is 155 Å². The van der Waals surface area contributed by atoms with E-state index in [2.05, 4.69) is 15.3 Å². The lowest BCUT2D eigenvalue weighted by Gasteiger charge is -2.06. The molecule has 1 aromatic carbocycles. The predicted molar refractivity (Wildman–Crippen MR) is 99.3 cm³/mol. The van der Waals surface area contributed by atoms with Gasteiger partial charge in [-0.05, 0) is 31.5 Å². The predicted octanol–water partition coefficient (Wildman–Crippen LogP) is 4.09. The normalized spacial score (nSPS) is 10.9. The van der Waals surface area contributed by atoms with Crippen molar-refractivity contribution in [3.63, 3.8) is 0 Å². The van der Waals surface area contributed by atoms with Crippen LogP contribution >= 0.6 is 23.1 Å². The summed E-state index contributed by atoms with van der Waals surface area (Å²) in [6.45, 7) is 3.97. The average Bonchev–Trinajstić information content (AvgIpc) is 2.89. The van der Waals surface area contributed by atoms with Gasteiger partial charge in [0.15, 0.2) is 0 Å². The molecule has 134 valence electrons. The molecule has 0 fully saturated rings. The van der Waals surface area contributed by atoms with Crippen LogP contribution in [0.3, 0.4) is 0 Å². The fourth-order valence-electron chi connectivity index (χ4n) is 2.34. The van der Waals surface area contributed by atoms with Crippen molar-refractivity contribution >= 4 is 50.6 Å². The van der Waals surface area contributed by atoms with Crippen molar-refractivity contribution in [3.05, 3.63) is 50.9 Å². The summed E-state index contributed by atoms with van der Waals surface area (Å²) < 4.78 is 13.2. The molecule has 0 saturated carbocycles. The second-order valence-electron chi connectivity index (χ2n) is 5.40. The molecule has 0 bridgehead atoms. The number of aromatic nitrogens is 2. The number of fused-ring (bicyclic) bond motifs is 1. The van der Waals surface area contributed by atoms with Crippen LogP contribution in [0.2, 0.25) is 0 Å². The van der Waals surface area contributed by atoms with Gasteiger partial charge in [-0.25, -0.2) is 14.4 Å². The molecule has 1 amide bonds. The van der Waals surface area contributed by atoms with Gasteiger partial charge in [-0.3, -0.25) is 14.9 Å². The number of nitro benzene ring substituents is 1. The molecular weight excluding hydrogens is 379 g/mol. The van der Waals surface area contributed by atoms with E-state index < -0.39 is 22.3 Å². The van der Waals surface area contributed by atoms with Crippen molar-refractivity contribution in [2.75, 3.05) is 11.1 Å². The second kappa shape index (κ2) is 7.34. The van der Waals surface area contributed by atoms with Gasteiger partial charge < -0.3 is 5.32 Å². The fraction of sp³-hybridized carbons (Fsp3) is 0.188. The highest BCUT2D eigenvalue weighted by Gasteiger charge is 2.18. The first-order valence-electron chi connectivity index (χ1n) is 7.44. The Morgan fingerprint density at radius 2 is 2.15 bits per heavy atom. The van der Waals surface area contributed by atoms with Gasteiger partial charge in [0.05, 0.1) is 16.7 Å². The van der Waals surface area contributed by atoms with Crippen LogP contribution in [0.25, 0.3) is 10.2 Å². The van der Waals surface area contributed by atoms with Gasteiger partial charge in [0, 0.05) is 10.3 Å². The van der Waals surface area contributed by atoms with E-state index in [4.69, 9.17) is 0 Å². The maximum Gasteiger partial charge on any atom is 0.295 e. The summed E-state index contributed by atoms with van der Waals surface area (Å²) in [6, 6.07) is 3.00. The third-order valence-electron chi connectivity index (χ3n) is 3.70. The average molecular weight is 392 g/mol. The van der Waals surface area contributed by atoms with Gasteiger partial charge >= 0.3 is 0 Å². The van der Waals surface area contributed by atoms with Crippen LogP contribution in [0.5, 0.6) is 0 Å². The molecule has 0 radical (unpaired) electrons. The number of thiophene rings is 1. The molecule has 3 rings (SSSR count). The molecule has 0 saturated heterocycles. The number of hydrogen-bond donors (Lipinski definition) is 1. The molecule has 0 atom stereocenters. The van der Waals surface area contributed by atoms with E-state index in [0.29, 0.717) is 5.03 Å². The van der Waals surface area contributed by atoms with Gasteiger partial charge in [0.1, 0.15) is 27.7 Å². The summed E-state index contributed by atoms with van der Waals surface area (Å²) in [7, 11) is 0. The van der Waals surface area contributed by atoms with Crippen molar-refractivity contribution in [1.82, 2.24) is 9.97 Å². The van der Waals surface area contributed by atoms with E-state index in [1.807, 2.05) is 13.8 Å². The standard InChI is InChI=1S/C16H13FN4O3S2/c1-8-9(2)26-16-14(8)15(18-7-19-16)25-6-13(22)20-11-4-3-10(17)5-12(11)21(23)24/h3-5,7H,6H2,1-2H3,(H,20,22). The Balaban J connectivity index is 1.76. The zero-order valence-electron chi connectivity index (χ0n) is 13.8. The highest BCUT2D eigenvalue weighted by atomic mass is 32.2. The van der Waals surface area contributed by atoms with E-state index in [1.54, 1.807) is 11.3 Å². The zero-order chi connectivity index (χ0) is 18.8. The zero-order valence-corrected chi connectivity index (χ0v) is 15.4. The third kappa shape index (κ3) is 3.65. The fourth-order valence-corrected chi connectivity index (χ4v) is 4.26. The molecule has 0 spiro atoms. The summed E-state index contributed by atoms with van der Waals surface area (Å²) in [5, 5.41) is 15.0. The quantitative estimate of drug-likeness (QED) is 0.304. The SMILES string of the molecule is Cc1sc2ncnc(SCC(=O)Nc3ccc(F)cc3[N+](=O)[O-])c2c1C. The Morgan fingerprint density at radius 3 is 2.88 bits per heavy atom. The summed E-state index contributed by atoms with van der Waals surface area (Å²) >= 11 is 2.78. The smallest absolute Gasteiger partial charge is 0.295 e. The van der Waals surface area contributed by atoms with Gasteiger partial charge in [0.25, 0.3) is 5.69 Å². The number of nitro groups is 1. The van der Waals surface area contributed by atoms with Gasteiger partial charge in [-0.1, -0.05) is 11.8 Å². The molecule has 2 heterocycles. The van der Waals surface area contributed by atoms with Gasteiger partial charge in [-0.2, -0.15) is 0 Å². The summed E-state index contributed by atoms with van der Waals surface area (Å²) in [5.74, 6) is -1.17. The van der Waals surface area contributed by atoms with Crippen LogP contribution in [0.4, 0.5) is 15.8 Å². The molecular formula is C16H13FN4O3S2. The van der Waals surface area contributed by atoms with E-state index in [1.165, 1.54) is 24.2 Å². The molecule has 10 heteroatoms. The highest BCUT2D eigenvalue weighted by molar-refractivity contribution is 8.00. The van der Waals surface area contributed by atoms with Crippen molar-refractivity contribution in [1.29, 1.82) is 0 Å². The first-order valence-corrected chi connectivity index (χ1v) is 9.24. The largest absolute Gasteiger partial charge is 0.320 e. The number of anilines is 1. The lowest BCUT2D eigenvalue weighted by Crippen LogP contribution is -2.15. The topological polar surface area (TPSA) is 98.0 Å². The number of halogens is 1. The number of nitrogens with one attached hydrogen (secondary N) is 1. The monoisotopic (exact) mass is 392 g/mol. The van der Waals surface area contributed by atoms with E-state index in [9.17, 15) is 19.3 Å². The van der Waals surface area contributed by atoms with Crippen LogP contribution < -0.4 is 5.32 Å². The Bertz CT molecular complexity index is 1020. The van der Waals surface area contributed by atoms with E-state index in [0.717, 1.165) is 32.8 Å². The first-order chi connectivity index (χ1) is 12.4. The molecule has 0 aliphatic carbocycles. The summed E-state index contributed by atoms with van der Waals surface area (Å²) in [4.78, 5) is 32.9. The first kappa shape index (κ1) is 18.2. The Morgan fingerprint density at radius 1 is 1.38 bits per heavy atom. The van der Waals surface area contributed by atoms with Crippen molar-refractivity contribution in [2.24, 2.45) is 0 Å². The number of thioether (sulfide) groups is 1. The third-order valence-corrected chi connectivity index (χ3v) is 5.81. The lowest BCUT2D eigenvalue weighted by atomic mass is 10.2. The van der Waals surface area contributed by atoms with Crippen LogP contribution in [-0.2, 0) is 4.79 Å².